The van der Waals surface area contributed by atoms with E-state index in [0.29, 0.717) is 19.4 Å². The van der Waals surface area contributed by atoms with Crippen LogP contribution in [0.25, 0.3) is 11.1 Å². The third-order valence-corrected chi connectivity index (χ3v) is 7.10. The van der Waals surface area contributed by atoms with Crippen molar-refractivity contribution in [1.82, 2.24) is 10.2 Å². The summed E-state index contributed by atoms with van der Waals surface area (Å²) in [5, 5.41) is 12.4. The third-order valence-electron chi connectivity index (χ3n) is 7.10. The van der Waals surface area contributed by atoms with Gasteiger partial charge in [-0.3, -0.25) is 4.79 Å². The molecule has 4 rings (SSSR count). The van der Waals surface area contributed by atoms with E-state index < -0.39 is 24.1 Å². The standard InChI is InChI=1S/C28H34N2O5/c1-2-3-10-19(17-26(31)30-16-9-8-15-25(30)27(32)33)29-28(34)35-18-24-22-13-6-4-11-20(22)21-12-5-7-14-23(21)24/h4-7,11-14,19,24-25H,2-3,8-10,15-18H2,1H3,(H,29,34)(H,32,33)/t19-,25?/m1/s1. The van der Waals surface area contributed by atoms with Gasteiger partial charge >= 0.3 is 12.1 Å². The van der Waals surface area contributed by atoms with E-state index in [1.807, 2.05) is 24.3 Å². The summed E-state index contributed by atoms with van der Waals surface area (Å²) in [7, 11) is 0. The van der Waals surface area contributed by atoms with Crippen molar-refractivity contribution in [1.29, 1.82) is 0 Å². The van der Waals surface area contributed by atoms with Crippen molar-refractivity contribution in [3.05, 3.63) is 59.7 Å². The van der Waals surface area contributed by atoms with E-state index in [-0.39, 0.29) is 24.9 Å². The second-order valence-electron chi connectivity index (χ2n) is 9.45. The molecule has 7 heteroatoms. The molecule has 1 aliphatic heterocycles. The van der Waals surface area contributed by atoms with Crippen LogP contribution in [0.3, 0.4) is 0 Å². The van der Waals surface area contributed by atoms with Crippen molar-refractivity contribution in [2.45, 2.75) is 69.9 Å². The lowest BCUT2D eigenvalue weighted by Crippen LogP contribution is -2.50. The molecule has 0 saturated carbocycles. The number of amides is 2. The van der Waals surface area contributed by atoms with E-state index in [1.165, 1.54) is 4.90 Å². The number of carbonyl (C=O) groups is 3. The van der Waals surface area contributed by atoms with Gasteiger partial charge in [-0.1, -0.05) is 68.3 Å². The number of carboxylic acids is 1. The molecule has 0 radical (unpaired) electrons. The Morgan fingerprint density at radius 1 is 1.06 bits per heavy atom. The quantitative estimate of drug-likeness (QED) is 0.532. The topological polar surface area (TPSA) is 95.9 Å². The number of fused-ring (bicyclic) bond motifs is 3. The second-order valence-corrected chi connectivity index (χ2v) is 9.45. The van der Waals surface area contributed by atoms with Gasteiger partial charge in [0.15, 0.2) is 0 Å². The molecule has 1 saturated heterocycles. The number of unbranched alkanes of at least 4 members (excludes halogenated alkanes) is 1. The monoisotopic (exact) mass is 478 g/mol. The van der Waals surface area contributed by atoms with Crippen LogP contribution in [-0.4, -0.2) is 53.2 Å². The Bertz CT molecular complexity index is 1020. The smallest absolute Gasteiger partial charge is 0.407 e. The fraction of sp³-hybridized carbons (Fsp3) is 0.464. The highest BCUT2D eigenvalue weighted by molar-refractivity contribution is 5.84. The number of alkyl carbamates (subject to hydrolysis) is 1. The number of likely N-dealkylation sites (tertiary alicyclic amines) is 1. The summed E-state index contributed by atoms with van der Waals surface area (Å²) in [5.41, 5.74) is 4.61. The van der Waals surface area contributed by atoms with Gasteiger partial charge in [-0.2, -0.15) is 0 Å². The highest BCUT2D eigenvalue weighted by Crippen LogP contribution is 2.44. The highest BCUT2D eigenvalue weighted by atomic mass is 16.5. The number of carboxylic acid groups (broad SMARTS) is 1. The number of carbonyl (C=O) groups excluding carboxylic acids is 2. The first kappa shape index (κ1) is 24.8. The fourth-order valence-electron chi connectivity index (χ4n) is 5.30. The lowest BCUT2D eigenvalue weighted by molar-refractivity contribution is -0.152. The maximum absolute atomic E-state index is 13.0. The lowest BCUT2D eigenvalue weighted by Gasteiger charge is -2.34. The number of hydrogen-bond donors (Lipinski definition) is 2. The molecule has 1 heterocycles. The van der Waals surface area contributed by atoms with Crippen molar-refractivity contribution < 1.29 is 24.2 Å². The molecule has 7 nitrogen and oxygen atoms in total. The normalized spacial score (nSPS) is 17.9. The van der Waals surface area contributed by atoms with E-state index in [4.69, 9.17) is 4.74 Å². The van der Waals surface area contributed by atoms with E-state index in [0.717, 1.165) is 47.9 Å². The minimum Gasteiger partial charge on any atom is -0.480 e. The van der Waals surface area contributed by atoms with Crippen molar-refractivity contribution in [2.24, 2.45) is 0 Å². The van der Waals surface area contributed by atoms with Crippen LogP contribution in [-0.2, 0) is 14.3 Å². The van der Waals surface area contributed by atoms with Crippen LogP contribution < -0.4 is 5.32 Å². The van der Waals surface area contributed by atoms with Crippen LogP contribution in [0.2, 0.25) is 0 Å². The summed E-state index contributed by atoms with van der Waals surface area (Å²) in [5.74, 6) is -1.22. The number of nitrogens with zero attached hydrogens (tertiary/aromatic N) is 1. The average molecular weight is 479 g/mol. The average Bonchev–Trinajstić information content (AvgIpc) is 3.19. The Labute approximate surface area is 206 Å². The van der Waals surface area contributed by atoms with Crippen molar-refractivity contribution in [2.75, 3.05) is 13.2 Å². The molecule has 2 aromatic carbocycles. The predicted octanol–water partition coefficient (Wildman–Crippen LogP) is 4.94. The molecule has 2 aromatic rings. The largest absolute Gasteiger partial charge is 0.480 e. The number of rotatable bonds is 9. The first-order valence-corrected chi connectivity index (χ1v) is 12.6. The van der Waals surface area contributed by atoms with Gasteiger partial charge in [0.2, 0.25) is 5.91 Å². The van der Waals surface area contributed by atoms with E-state index in [1.54, 1.807) is 0 Å². The number of nitrogens with one attached hydrogen (secondary N) is 1. The van der Waals surface area contributed by atoms with E-state index >= 15 is 0 Å². The SMILES string of the molecule is CCCC[C@H](CC(=O)N1CCCCC1C(=O)O)NC(=O)OCC1c2ccccc2-c2ccccc21. The van der Waals surface area contributed by atoms with E-state index in [9.17, 15) is 19.5 Å². The van der Waals surface area contributed by atoms with Gasteiger partial charge in [0.1, 0.15) is 12.6 Å². The number of hydrogen-bond acceptors (Lipinski definition) is 4. The summed E-state index contributed by atoms with van der Waals surface area (Å²) in [6.45, 7) is 2.71. The molecule has 186 valence electrons. The Kier molecular flexibility index (Phi) is 8.06. The molecule has 0 bridgehead atoms. The highest BCUT2D eigenvalue weighted by Gasteiger charge is 2.33. The number of benzene rings is 2. The molecular formula is C28H34N2O5. The molecule has 1 unspecified atom stereocenters. The minimum absolute atomic E-state index is 0.0338. The predicted molar refractivity (Wildman–Crippen MR) is 133 cm³/mol. The minimum atomic E-state index is -0.965. The van der Waals surface area contributed by atoms with Crippen molar-refractivity contribution in [3.63, 3.8) is 0 Å². The molecule has 2 amide bonds. The first-order chi connectivity index (χ1) is 17.0. The van der Waals surface area contributed by atoms with Gasteiger partial charge < -0.3 is 20.1 Å². The van der Waals surface area contributed by atoms with E-state index in [2.05, 4.69) is 36.5 Å². The van der Waals surface area contributed by atoms with Crippen LogP contribution >= 0.6 is 0 Å². The molecule has 1 fully saturated rings. The zero-order valence-corrected chi connectivity index (χ0v) is 20.2. The van der Waals surface area contributed by atoms with Gasteiger partial charge in [0.05, 0.1) is 0 Å². The molecule has 35 heavy (non-hydrogen) atoms. The Balaban J connectivity index is 1.38. The summed E-state index contributed by atoms with van der Waals surface area (Å²) in [4.78, 5) is 38.8. The van der Waals surface area contributed by atoms with Gasteiger partial charge in [0, 0.05) is 24.9 Å². The molecule has 1 aliphatic carbocycles. The summed E-state index contributed by atoms with van der Waals surface area (Å²) < 4.78 is 5.67. The third kappa shape index (κ3) is 5.66. The Morgan fingerprint density at radius 2 is 1.71 bits per heavy atom. The maximum Gasteiger partial charge on any atom is 0.407 e. The Morgan fingerprint density at radius 3 is 2.34 bits per heavy atom. The number of aliphatic carboxylic acids is 1. The zero-order chi connectivity index (χ0) is 24.8. The number of piperidine rings is 1. The number of ether oxygens (including phenoxy) is 1. The van der Waals surface area contributed by atoms with Crippen LogP contribution in [0.15, 0.2) is 48.5 Å². The van der Waals surface area contributed by atoms with Crippen LogP contribution in [0.4, 0.5) is 4.79 Å². The van der Waals surface area contributed by atoms with Gasteiger partial charge in [0.25, 0.3) is 0 Å². The fourth-order valence-corrected chi connectivity index (χ4v) is 5.30. The molecular weight excluding hydrogens is 444 g/mol. The second kappa shape index (κ2) is 11.4. The first-order valence-electron chi connectivity index (χ1n) is 12.6. The van der Waals surface area contributed by atoms with Crippen LogP contribution in [0, 0.1) is 0 Å². The van der Waals surface area contributed by atoms with Crippen molar-refractivity contribution >= 4 is 18.0 Å². The van der Waals surface area contributed by atoms with Gasteiger partial charge in [-0.15, -0.1) is 0 Å². The van der Waals surface area contributed by atoms with Gasteiger partial charge in [-0.25, -0.2) is 9.59 Å². The molecule has 0 aromatic heterocycles. The Hall–Kier alpha value is -3.35. The van der Waals surface area contributed by atoms with Crippen LogP contribution in [0.1, 0.15) is 68.9 Å². The van der Waals surface area contributed by atoms with Crippen molar-refractivity contribution in [3.8, 4) is 11.1 Å². The maximum atomic E-state index is 13.0. The summed E-state index contributed by atoms with van der Waals surface area (Å²) in [6.07, 6.45) is 4.02. The summed E-state index contributed by atoms with van der Waals surface area (Å²) in [6, 6.07) is 15.2. The van der Waals surface area contributed by atoms with Gasteiger partial charge in [-0.05, 0) is 47.9 Å². The molecule has 2 atom stereocenters. The molecule has 0 spiro atoms. The lowest BCUT2D eigenvalue weighted by atomic mass is 9.98. The summed E-state index contributed by atoms with van der Waals surface area (Å²) >= 11 is 0. The molecule has 2 aliphatic rings. The molecule has 2 N–H and O–H groups in total. The zero-order valence-electron chi connectivity index (χ0n) is 20.2. The van der Waals surface area contributed by atoms with Crippen LogP contribution in [0.5, 0.6) is 0 Å².